The number of anilines is 1. The van der Waals surface area contributed by atoms with E-state index in [4.69, 9.17) is 0 Å². The molecule has 1 fully saturated rings. The third-order valence-electron chi connectivity index (χ3n) is 3.60. The van der Waals surface area contributed by atoms with Crippen LogP contribution in [0.3, 0.4) is 0 Å². The van der Waals surface area contributed by atoms with Gasteiger partial charge < -0.3 is 10.2 Å². The Hall–Kier alpha value is -1.18. The second kappa shape index (κ2) is 7.15. The zero-order valence-electron chi connectivity index (χ0n) is 12.1. The van der Waals surface area contributed by atoms with Gasteiger partial charge in [0.15, 0.2) is 0 Å². The number of rotatable bonds is 4. The molecule has 0 atom stereocenters. The van der Waals surface area contributed by atoms with Crippen LogP contribution in [0.1, 0.15) is 28.1 Å². The van der Waals surface area contributed by atoms with Gasteiger partial charge in [-0.25, -0.2) is 0 Å². The number of halogens is 2. The lowest BCUT2D eigenvalue weighted by Crippen LogP contribution is -2.23. The molecule has 0 spiro atoms. The summed E-state index contributed by atoms with van der Waals surface area (Å²) < 4.78 is 1.76. The quantitative estimate of drug-likeness (QED) is 0.726. The van der Waals surface area contributed by atoms with Crippen molar-refractivity contribution in [1.82, 2.24) is 4.90 Å². The molecule has 1 aromatic carbocycles. The van der Waals surface area contributed by atoms with Crippen molar-refractivity contribution in [2.75, 3.05) is 11.9 Å². The molecule has 3 rings (SSSR count). The van der Waals surface area contributed by atoms with E-state index in [2.05, 4.69) is 37.2 Å². The predicted octanol–water partition coefficient (Wildman–Crippen LogP) is 4.65. The van der Waals surface area contributed by atoms with E-state index >= 15 is 0 Å². The molecule has 4 nitrogen and oxygen atoms in total. The summed E-state index contributed by atoms with van der Waals surface area (Å²) in [6.07, 6.45) is 1.57. The van der Waals surface area contributed by atoms with Crippen molar-refractivity contribution in [3.05, 3.63) is 49.0 Å². The molecule has 2 heterocycles. The number of nitrogens with one attached hydrogen (secondary N) is 1. The van der Waals surface area contributed by atoms with Gasteiger partial charge in [-0.1, -0.05) is 12.1 Å². The number of benzene rings is 1. The smallest absolute Gasteiger partial charge is 0.265 e. The molecule has 1 aromatic heterocycles. The van der Waals surface area contributed by atoms with Crippen molar-refractivity contribution in [2.24, 2.45) is 0 Å². The minimum Gasteiger partial charge on any atom is -0.338 e. The number of hydrogen-bond acceptors (Lipinski definition) is 3. The Morgan fingerprint density at radius 1 is 1.30 bits per heavy atom. The van der Waals surface area contributed by atoms with Crippen molar-refractivity contribution >= 4 is 60.7 Å². The number of carbonyl (C=O) groups excluding carboxylic acids is 2. The second-order valence-electron chi connectivity index (χ2n) is 5.31. The highest BCUT2D eigenvalue weighted by Crippen LogP contribution is 2.32. The van der Waals surface area contributed by atoms with Crippen molar-refractivity contribution in [3.8, 4) is 0 Å². The first-order valence-corrected chi connectivity index (χ1v) is 9.56. The monoisotopic (exact) mass is 456 g/mol. The fourth-order valence-electron chi connectivity index (χ4n) is 2.49. The fourth-order valence-corrected chi connectivity index (χ4v) is 4.42. The average molecular weight is 458 g/mol. The van der Waals surface area contributed by atoms with E-state index in [1.54, 1.807) is 6.07 Å². The number of carbonyl (C=O) groups is 2. The van der Waals surface area contributed by atoms with Gasteiger partial charge in [-0.2, -0.15) is 0 Å². The van der Waals surface area contributed by atoms with Gasteiger partial charge in [0.1, 0.15) is 0 Å². The molecule has 0 radical (unpaired) electrons. The summed E-state index contributed by atoms with van der Waals surface area (Å²) in [5, 5.41) is 2.90. The summed E-state index contributed by atoms with van der Waals surface area (Å²) >= 11 is 8.15. The van der Waals surface area contributed by atoms with E-state index in [0.29, 0.717) is 17.8 Å². The molecular formula is C16H14Br2N2O2S. The van der Waals surface area contributed by atoms with Crippen LogP contribution in [0.25, 0.3) is 0 Å². The maximum absolute atomic E-state index is 12.3. The maximum atomic E-state index is 12.3. The minimum atomic E-state index is -0.143. The van der Waals surface area contributed by atoms with Crippen LogP contribution in [0.2, 0.25) is 0 Å². The van der Waals surface area contributed by atoms with Gasteiger partial charge >= 0.3 is 0 Å². The van der Waals surface area contributed by atoms with Gasteiger partial charge in [0.05, 0.1) is 8.66 Å². The molecule has 0 bridgehead atoms. The Balaban J connectivity index is 1.69. The van der Waals surface area contributed by atoms with Crippen LogP contribution in [0.15, 0.2) is 38.6 Å². The summed E-state index contributed by atoms with van der Waals surface area (Å²) in [5.74, 6) is 0.0588. The second-order valence-corrected chi connectivity index (χ2v) is 8.53. The Kier molecular flexibility index (Phi) is 5.18. The van der Waals surface area contributed by atoms with E-state index in [1.165, 1.54) is 11.3 Å². The number of hydrogen-bond donors (Lipinski definition) is 1. The van der Waals surface area contributed by atoms with Crippen molar-refractivity contribution < 1.29 is 9.59 Å². The van der Waals surface area contributed by atoms with E-state index in [9.17, 15) is 9.59 Å². The van der Waals surface area contributed by atoms with E-state index in [-0.39, 0.29) is 11.8 Å². The zero-order valence-corrected chi connectivity index (χ0v) is 16.1. The topological polar surface area (TPSA) is 49.4 Å². The average Bonchev–Trinajstić information content (AvgIpc) is 3.06. The van der Waals surface area contributed by atoms with E-state index < -0.39 is 0 Å². The van der Waals surface area contributed by atoms with Gasteiger partial charge in [0.25, 0.3) is 5.91 Å². The summed E-state index contributed by atoms with van der Waals surface area (Å²) in [4.78, 5) is 26.5. The summed E-state index contributed by atoms with van der Waals surface area (Å²) in [6.45, 7) is 1.41. The van der Waals surface area contributed by atoms with Crippen molar-refractivity contribution in [1.29, 1.82) is 0 Å². The lowest BCUT2D eigenvalue weighted by atomic mass is 10.2. The molecule has 120 valence electrons. The molecule has 0 saturated carbocycles. The van der Waals surface area contributed by atoms with Crippen LogP contribution in [0.4, 0.5) is 5.69 Å². The minimum absolute atomic E-state index is 0.143. The van der Waals surface area contributed by atoms with Gasteiger partial charge in [-0.05, 0) is 62.0 Å². The maximum Gasteiger partial charge on any atom is 0.265 e. The largest absolute Gasteiger partial charge is 0.338 e. The SMILES string of the molecule is O=C(Nc1cccc(CN2CCCC2=O)c1)c1cc(Br)c(Br)s1. The number of likely N-dealkylation sites (tertiary alicyclic amines) is 1. The van der Waals surface area contributed by atoms with Crippen LogP contribution in [-0.4, -0.2) is 23.3 Å². The fraction of sp³-hybridized carbons (Fsp3) is 0.250. The Morgan fingerprint density at radius 3 is 2.78 bits per heavy atom. The third kappa shape index (κ3) is 4.02. The molecule has 1 aliphatic heterocycles. The van der Waals surface area contributed by atoms with Crippen molar-refractivity contribution in [3.63, 3.8) is 0 Å². The van der Waals surface area contributed by atoms with E-state index in [1.807, 2.05) is 29.2 Å². The van der Waals surface area contributed by atoms with Crippen molar-refractivity contribution in [2.45, 2.75) is 19.4 Å². The molecule has 1 saturated heterocycles. The molecular weight excluding hydrogens is 444 g/mol. The van der Waals surface area contributed by atoms with Crippen LogP contribution in [0, 0.1) is 0 Å². The third-order valence-corrected chi connectivity index (χ3v) is 6.85. The Morgan fingerprint density at radius 2 is 2.13 bits per heavy atom. The van der Waals surface area contributed by atoms with Crippen LogP contribution in [0.5, 0.6) is 0 Å². The van der Waals surface area contributed by atoms with Gasteiger partial charge in [-0.15, -0.1) is 11.3 Å². The van der Waals surface area contributed by atoms with Gasteiger partial charge in [0.2, 0.25) is 5.91 Å². The highest BCUT2D eigenvalue weighted by Gasteiger charge is 2.20. The summed E-state index contributed by atoms with van der Waals surface area (Å²) in [5.41, 5.74) is 1.76. The zero-order chi connectivity index (χ0) is 16.4. The van der Waals surface area contributed by atoms with E-state index in [0.717, 1.165) is 32.5 Å². The molecule has 2 aromatic rings. The Bertz CT molecular complexity index is 741. The molecule has 23 heavy (non-hydrogen) atoms. The number of nitrogens with zero attached hydrogens (tertiary/aromatic N) is 1. The van der Waals surface area contributed by atoms with Crippen LogP contribution in [-0.2, 0) is 11.3 Å². The number of amides is 2. The normalized spacial score (nSPS) is 14.3. The number of thiophene rings is 1. The van der Waals surface area contributed by atoms with Gasteiger partial charge in [-0.3, -0.25) is 9.59 Å². The first-order valence-electron chi connectivity index (χ1n) is 7.16. The molecule has 2 amide bonds. The lowest BCUT2D eigenvalue weighted by Gasteiger charge is -2.16. The molecule has 7 heteroatoms. The summed E-state index contributed by atoms with van der Waals surface area (Å²) in [7, 11) is 0. The Labute approximate surface area is 155 Å². The standard InChI is InChI=1S/C16H14Br2N2O2S/c17-12-8-13(23-15(12)18)16(22)19-11-4-1-3-10(7-11)9-20-6-2-5-14(20)21/h1,3-4,7-8H,2,5-6,9H2,(H,19,22). The predicted molar refractivity (Wildman–Crippen MR) is 98.8 cm³/mol. The first-order chi connectivity index (χ1) is 11.0. The first kappa shape index (κ1) is 16.7. The van der Waals surface area contributed by atoms with Crippen LogP contribution >= 0.6 is 43.2 Å². The highest BCUT2D eigenvalue weighted by atomic mass is 79.9. The molecule has 0 aliphatic carbocycles. The lowest BCUT2D eigenvalue weighted by molar-refractivity contribution is -0.128. The van der Waals surface area contributed by atoms with Crippen LogP contribution < -0.4 is 5.32 Å². The molecule has 1 N–H and O–H groups in total. The van der Waals surface area contributed by atoms with Gasteiger partial charge in [0, 0.05) is 29.7 Å². The highest BCUT2D eigenvalue weighted by molar-refractivity contribution is 9.13. The summed E-state index contributed by atoms with van der Waals surface area (Å²) in [6, 6.07) is 9.42. The molecule has 0 unspecified atom stereocenters. The molecule has 1 aliphatic rings.